The van der Waals surface area contributed by atoms with Crippen molar-refractivity contribution in [1.29, 1.82) is 0 Å². The van der Waals surface area contributed by atoms with Crippen molar-refractivity contribution < 1.29 is 14.4 Å². The maximum absolute atomic E-state index is 12.7. The molecule has 2 aliphatic heterocycles. The maximum atomic E-state index is 12.7. The zero-order chi connectivity index (χ0) is 19.6. The van der Waals surface area contributed by atoms with Crippen LogP contribution >= 0.6 is 11.6 Å². The Balaban J connectivity index is 1.49. The first-order valence-electron chi connectivity index (χ1n) is 9.45. The average molecular weight is 392 g/mol. The number of hydrogen-bond donors (Lipinski definition) is 0. The fourth-order valence-electron chi connectivity index (χ4n) is 3.72. The summed E-state index contributed by atoms with van der Waals surface area (Å²) in [6, 6.07) is 7.40. The molecule has 0 bridgehead atoms. The summed E-state index contributed by atoms with van der Waals surface area (Å²) < 4.78 is 0. The third kappa shape index (κ3) is 4.61. The van der Waals surface area contributed by atoms with Crippen LogP contribution in [-0.2, 0) is 20.8 Å². The summed E-state index contributed by atoms with van der Waals surface area (Å²) in [7, 11) is 0. The third-order valence-electron chi connectivity index (χ3n) is 5.34. The van der Waals surface area contributed by atoms with Crippen LogP contribution in [0.3, 0.4) is 0 Å². The van der Waals surface area contributed by atoms with Crippen molar-refractivity contribution in [3.63, 3.8) is 0 Å². The smallest absolute Gasteiger partial charge is 0.228 e. The van der Waals surface area contributed by atoms with Gasteiger partial charge < -0.3 is 14.7 Å². The van der Waals surface area contributed by atoms with Crippen LogP contribution in [0.15, 0.2) is 24.3 Å². The van der Waals surface area contributed by atoms with E-state index in [1.54, 1.807) is 26.8 Å². The number of piperazine rings is 1. The van der Waals surface area contributed by atoms with Crippen molar-refractivity contribution in [3.8, 4) is 0 Å². The Morgan fingerprint density at radius 2 is 1.67 bits per heavy atom. The van der Waals surface area contributed by atoms with Crippen LogP contribution in [0.25, 0.3) is 0 Å². The van der Waals surface area contributed by atoms with Crippen LogP contribution in [-0.4, -0.2) is 71.2 Å². The highest BCUT2D eigenvalue weighted by atomic mass is 35.5. The first kappa shape index (κ1) is 19.7. The minimum atomic E-state index is -0.254. The molecule has 0 saturated carbocycles. The molecule has 0 aromatic heterocycles. The standard InChI is InChI=1S/C20H26ClN3O3/c1-14(2)24-13-16(12-19(24)26)20(27)23-9-7-22(8-10-23)18(25)11-15-3-5-17(21)6-4-15/h3-6,14,16H,7-13H2,1-2H3. The van der Waals surface area contributed by atoms with Gasteiger partial charge in [-0.05, 0) is 31.5 Å². The summed E-state index contributed by atoms with van der Waals surface area (Å²) in [4.78, 5) is 42.6. The minimum Gasteiger partial charge on any atom is -0.339 e. The minimum absolute atomic E-state index is 0.0382. The molecule has 2 aliphatic rings. The van der Waals surface area contributed by atoms with E-state index in [0.29, 0.717) is 50.6 Å². The highest BCUT2D eigenvalue weighted by Crippen LogP contribution is 2.23. The quantitative estimate of drug-likeness (QED) is 0.786. The van der Waals surface area contributed by atoms with E-state index in [9.17, 15) is 14.4 Å². The van der Waals surface area contributed by atoms with Gasteiger partial charge in [0, 0.05) is 50.2 Å². The van der Waals surface area contributed by atoms with Crippen molar-refractivity contribution in [2.45, 2.75) is 32.7 Å². The van der Waals surface area contributed by atoms with E-state index in [0.717, 1.165) is 5.56 Å². The lowest BCUT2D eigenvalue weighted by atomic mass is 10.1. The molecule has 3 amide bonds. The van der Waals surface area contributed by atoms with Crippen molar-refractivity contribution in [2.75, 3.05) is 32.7 Å². The van der Waals surface area contributed by atoms with Gasteiger partial charge in [0.25, 0.3) is 0 Å². The normalized spacial score (nSPS) is 20.5. The third-order valence-corrected chi connectivity index (χ3v) is 5.60. The van der Waals surface area contributed by atoms with Crippen LogP contribution in [0.2, 0.25) is 5.02 Å². The van der Waals surface area contributed by atoms with E-state index in [1.165, 1.54) is 0 Å². The summed E-state index contributed by atoms with van der Waals surface area (Å²) in [6.45, 7) is 6.56. The van der Waals surface area contributed by atoms with E-state index < -0.39 is 0 Å². The van der Waals surface area contributed by atoms with Crippen LogP contribution < -0.4 is 0 Å². The van der Waals surface area contributed by atoms with E-state index in [4.69, 9.17) is 11.6 Å². The Morgan fingerprint density at radius 1 is 1.07 bits per heavy atom. The number of nitrogens with zero attached hydrogens (tertiary/aromatic N) is 3. The zero-order valence-corrected chi connectivity index (χ0v) is 16.6. The topological polar surface area (TPSA) is 60.9 Å². The highest BCUT2D eigenvalue weighted by molar-refractivity contribution is 6.30. The number of likely N-dealkylation sites (tertiary alicyclic amines) is 1. The number of hydrogen-bond acceptors (Lipinski definition) is 3. The first-order chi connectivity index (χ1) is 12.8. The molecule has 2 saturated heterocycles. The molecule has 6 nitrogen and oxygen atoms in total. The Bertz CT molecular complexity index is 712. The molecule has 1 aromatic carbocycles. The number of benzene rings is 1. The molecular formula is C20H26ClN3O3. The highest BCUT2D eigenvalue weighted by Gasteiger charge is 2.38. The van der Waals surface area contributed by atoms with E-state index >= 15 is 0 Å². The molecule has 0 N–H and O–H groups in total. The summed E-state index contributed by atoms with van der Waals surface area (Å²) >= 11 is 5.87. The Hall–Kier alpha value is -2.08. The number of carbonyl (C=O) groups excluding carboxylic acids is 3. The van der Waals surface area contributed by atoms with Crippen LogP contribution in [0.4, 0.5) is 0 Å². The molecule has 7 heteroatoms. The van der Waals surface area contributed by atoms with Gasteiger partial charge in [0.05, 0.1) is 12.3 Å². The number of halogens is 1. The van der Waals surface area contributed by atoms with Gasteiger partial charge in [0.1, 0.15) is 0 Å². The summed E-state index contributed by atoms with van der Waals surface area (Å²) in [5.41, 5.74) is 0.932. The maximum Gasteiger partial charge on any atom is 0.228 e. The van der Waals surface area contributed by atoms with Crippen LogP contribution in [0.1, 0.15) is 25.8 Å². The molecular weight excluding hydrogens is 366 g/mol. The van der Waals surface area contributed by atoms with Gasteiger partial charge >= 0.3 is 0 Å². The molecule has 3 rings (SSSR count). The molecule has 1 aromatic rings. The lowest BCUT2D eigenvalue weighted by Crippen LogP contribution is -2.52. The average Bonchev–Trinajstić information content (AvgIpc) is 3.05. The fraction of sp³-hybridized carbons (Fsp3) is 0.550. The second-order valence-corrected chi connectivity index (χ2v) is 7.99. The van der Waals surface area contributed by atoms with Gasteiger partial charge in [-0.15, -0.1) is 0 Å². The lowest BCUT2D eigenvalue weighted by Gasteiger charge is -2.36. The summed E-state index contributed by atoms with van der Waals surface area (Å²) in [5.74, 6) is -0.0981. The summed E-state index contributed by atoms with van der Waals surface area (Å²) in [6.07, 6.45) is 0.637. The lowest BCUT2D eigenvalue weighted by molar-refractivity contribution is -0.141. The number of rotatable bonds is 4. The molecule has 1 atom stereocenters. The molecule has 146 valence electrons. The van der Waals surface area contributed by atoms with Crippen LogP contribution in [0, 0.1) is 5.92 Å². The zero-order valence-electron chi connectivity index (χ0n) is 15.9. The van der Waals surface area contributed by atoms with Crippen LogP contribution in [0.5, 0.6) is 0 Å². The molecule has 2 heterocycles. The Labute approximate surface area is 165 Å². The van der Waals surface area contributed by atoms with Gasteiger partial charge in [0.2, 0.25) is 17.7 Å². The molecule has 0 aliphatic carbocycles. The Morgan fingerprint density at radius 3 is 2.22 bits per heavy atom. The predicted molar refractivity (Wildman–Crippen MR) is 103 cm³/mol. The van der Waals surface area contributed by atoms with Gasteiger partial charge in [-0.3, -0.25) is 14.4 Å². The second kappa shape index (κ2) is 8.30. The molecule has 1 unspecified atom stereocenters. The van der Waals surface area contributed by atoms with Gasteiger partial charge in [0.15, 0.2) is 0 Å². The first-order valence-corrected chi connectivity index (χ1v) is 9.83. The summed E-state index contributed by atoms with van der Waals surface area (Å²) in [5, 5.41) is 0.653. The largest absolute Gasteiger partial charge is 0.339 e. The fourth-order valence-corrected chi connectivity index (χ4v) is 3.85. The van der Waals surface area contributed by atoms with Crippen molar-refractivity contribution in [2.24, 2.45) is 5.92 Å². The van der Waals surface area contributed by atoms with Gasteiger partial charge in [-0.25, -0.2) is 0 Å². The van der Waals surface area contributed by atoms with Crippen molar-refractivity contribution in [1.82, 2.24) is 14.7 Å². The molecule has 2 fully saturated rings. The number of amides is 3. The van der Waals surface area contributed by atoms with Crippen molar-refractivity contribution >= 4 is 29.3 Å². The van der Waals surface area contributed by atoms with Gasteiger partial charge in [-0.2, -0.15) is 0 Å². The SMILES string of the molecule is CC(C)N1CC(C(=O)N2CCN(C(=O)Cc3ccc(Cl)cc3)CC2)CC1=O. The Kier molecular flexibility index (Phi) is 6.05. The molecule has 27 heavy (non-hydrogen) atoms. The van der Waals surface area contributed by atoms with Gasteiger partial charge in [-0.1, -0.05) is 23.7 Å². The predicted octanol–water partition coefficient (Wildman–Crippen LogP) is 1.81. The van der Waals surface area contributed by atoms with E-state index in [-0.39, 0.29) is 29.7 Å². The molecule has 0 radical (unpaired) electrons. The number of carbonyl (C=O) groups is 3. The monoisotopic (exact) mass is 391 g/mol. The molecule has 0 spiro atoms. The van der Waals surface area contributed by atoms with E-state index in [2.05, 4.69) is 0 Å². The van der Waals surface area contributed by atoms with Crippen molar-refractivity contribution in [3.05, 3.63) is 34.9 Å². The van der Waals surface area contributed by atoms with E-state index in [1.807, 2.05) is 26.0 Å². The second-order valence-electron chi connectivity index (χ2n) is 7.55.